The average Bonchev–Trinajstić information content (AvgIpc) is 2.41. The molecule has 0 radical (unpaired) electrons. The lowest BCUT2D eigenvalue weighted by Crippen LogP contribution is -2.15. The highest BCUT2D eigenvalue weighted by Gasteiger charge is 2.06. The van der Waals surface area contributed by atoms with Crippen molar-refractivity contribution in [2.75, 3.05) is 12.4 Å². The summed E-state index contributed by atoms with van der Waals surface area (Å²) in [5.41, 5.74) is 0.860. The number of halogens is 1. The highest BCUT2D eigenvalue weighted by molar-refractivity contribution is 6.29. The first-order valence-electron chi connectivity index (χ1n) is 5.57. The fourth-order valence-electron chi connectivity index (χ4n) is 1.53. The van der Waals surface area contributed by atoms with Crippen LogP contribution < -0.4 is 10.1 Å². The number of hydrogen-bond acceptors (Lipinski definition) is 4. The lowest BCUT2D eigenvalue weighted by atomic mass is 10.1. The van der Waals surface area contributed by atoms with Crippen molar-refractivity contribution in [1.82, 2.24) is 9.97 Å². The number of nitrogens with one attached hydrogen (secondary N) is 1. The lowest BCUT2D eigenvalue weighted by Gasteiger charge is -2.05. The molecule has 0 unspecified atom stereocenters. The van der Waals surface area contributed by atoms with Crippen LogP contribution in [0.5, 0.6) is 5.75 Å². The Balaban J connectivity index is 1.99. The molecule has 2 aromatic rings. The van der Waals surface area contributed by atoms with Crippen LogP contribution in [-0.2, 0) is 11.2 Å². The first-order valence-corrected chi connectivity index (χ1v) is 5.95. The van der Waals surface area contributed by atoms with Gasteiger partial charge in [0.25, 0.3) is 0 Å². The Hall–Kier alpha value is -2.14. The molecule has 0 aliphatic heterocycles. The van der Waals surface area contributed by atoms with Gasteiger partial charge in [0.05, 0.1) is 25.9 Å². The average molecular weight is 278 g/mol. The predicted molar refractivity (Wildman–Crippen MR) is 72.4 cm³/mol. The summed E-state index contributed by atoms with van der Waals surface area (Å²) < 4.78 is 5.10. The van der Waals surface area contributed by atoms with E-state index in [1.165, 1.54) is 12.4 Å². The minimum absolute atomic E-state index is 0.176. The summed E-state index contributed by atoms with van der Waals surface area (Å²) in [6.07, 6.45) is 3.02. The van der Waals surface area contributed by atoms with Gasteiger partial charge < -0.3 is 10.1 Å². The Morgan fingerprint density at radius 2 is 2.21 bits per heavy atom. The SMILES string of the molecule is COc1cccc(CC(=O)Nc2cnc(Cl)cn2)c1. The monoisotopic (exact) mass is 277 g/mol. The summed E-state index contributed by atoms with van der Waals surface area (Å²) in [4.78, 5) is 19.6. The van der Waals surface area contributed by atoms with E-state index in [0.29, 0.717) is 5.82 Å². The summed E-state index contributed by atoms with van der Waals surface area (Å²) in [7, 11) is 1.59. The van der Waals surface area contributed by atoms with Crippen LogP contribution in [0.4, 0.5) is 5.82 Å². The normalized spacial score (nSPS) is 10.0. The van der Waals surface area contributed by atoms with Crippen molar-refractivity contribution in [2.24, 2.45) is 0 Å². The minimum Gasteiger partial charge on any atom is -0.497 e. The number of benzene rings is 1. The van der Waals surface area contributed by atoms with E-state index in [0.717, 1.165) is 11.3 Å². The summed E-state index contributed by atoms with van der Waals surface area (Å²) in [5, 5.41) is 2.93. The van der Waals surface area contributed by atoms with Gasteiger partial charge in [-0.1, -0.05) is 23.7 Å². The molecule has 19 heavy (non-hydrogen) atoms. The number of rotatable bonds is 4. The van der Waals surface area contributed by atoms with Gasteiger partial charge in [0.15, 0.2) is 5.82 Å². The third-order valence-corrected chi connectivity index (χ3v) is 2.58. The number of aromatic nitrogens is 2. The number of methoxy groups -OCH3 is 1. The van der Waals surface area contributed by atoms with Gasteiger partial charge >= 0.3 is 0 Å². The first-order chi connectivity index (χ1) is 9.17. The molecule has 1 aromatic carbocycles. The molecular formula is C13H12ClN3O2. The quantitative estimate of drug-likeness (QED) is 0.931. The molecule has 0 saturated carbocycles. The summed E-state index contributed by atoms with van der Waals surface area (Å²) >= 11 is 5.61. The number of carbonyl (C=O) groups excluding carboxylic acids is 1. The molecular weight excluding hydrogens is 266 g/mol. The minimum atomic E-state index is -0.176. The van der Waals surface area contributed by atoms with Crippen LogP contribution in [0.2, 0.25) is 5.15 Å². The molecule has 0 fully saturated rings. The molecule has 1 N–H and O–H groups in total. The van der Waals surface area contributed by atoms with Gasteiger partial charge in [-0.25, -0.2) is 9.97 Å². The number of carbonyl (C=O) groups is 1. The van der Waals surface area contributed by atoms with Crippen LogP contribution in [0.1, 0.15) is 5.56 Å². The van der Waals surface area contributed by atoms with Gasteiger partial charge in [-0.05, 0) is 17.7 Å². The fourth-order valence-corrected chi connectivity index (χ4v) is 1.63. The summed E-state index contributed by atoms with van der Waals surface area (Å²) in [6, 6.07) is 7.33. The van der Waals surface area contributed by atoms with E-state index in [2.05, 4.69) is 15.3 Å². The Morgan fingerprint density at radius 1 is 1.37 bits per heavy atom. The van der Waals surface area contributed by atoms with Crippen molar-refractivity contribution in [1.29, 1.82) is 0 Å². The molecule has 0 saturated heterocycles. The molecule has 5 nitrogen and oxygen atoms in total. The van der Waals surface area contributed by atoms with E-state index in [4.69, 9.17) is 16.3 Å². The number of amides is 1. The topological polar surface area (TPSA) is 64.1 Å². The second-order valence-corrected chi connectivity index (χ2v) is 4.19. The predicted octanol–water partition coefficient (Wildman–Crippen LogP) is 2.32. The molecule has 0 aliphatic rings. The number of hydrogen-bond donors (Lipinski definition) is 1. The molecule has 0 spiro atoms. The number of nitrogens with zero attached hydrogens (tertiary/aromatic N) is 2. The van der Waals surface area contributed by atoms with E-state index in [1.54, 1.807) is 7.11 Å². The van der Waals surface area contributed by atoms with Gasteiger partial charge in [0, 0.05) is 0 Å². The van der Waals surface area contributed by atoms with Crippen molar-refractivity contribution >= 4 is 23.3 Å². The largest absolute Gasteiger partial charge is 0.497 e. The van der Waals surface area contributed by atoms with Gasteiger partial charge in [-0.15, -0.1) is 0 Å². The van der Waals surface area contributed by atoms with Crippen LogP contribution >= 0.6 is 11.6 Å². The van der Waals surface area contributed by atoms with E-state index in [9.17, 15) is 4.79 Å². The van der Waals surface area contributed by atoms with Crippen molar-refractivity contribution in [3.8, 4) is 5.75 Å². The zero-order valence-corrected chi connectivity index (χ0v) is 11.0. The van der Waals surface area contributed by atoms with Gasteiger partial charge in [0.2, 0.25) is 5.91 Å². The maximum Gasteiger partial charge on any atom is 0.229 e. The van der Waals surface area contributed by atoms with Gasteiger partial charge in [-0.2, -0.15) is 0 Å². The van der Waals surface area contributed by atoms with Crippen LogP contribution in [0.3, 0.4) is 0 Å². The zero-order valence-electron chi connectivity index (χ0n) is 10.3. The van der Waals surface area contributed by atoms with Crippen LogP contribution in [-0.4, -0.2) is 23.0 Å². The second kappa shape index (κ2) is 6.15. The Morgan fingerprint density at radius 3 is 2.89 bits per heavy atom. The van der Waals surface area contributed by atoms with Gasteiger partial charge in [-0.3, -0.25) is 4.79 Å². The zero-order chi connectivity index (χ0) is 13.7. The molecule has 98 valence electrons. The third-order valence-electron chi connectivity index (χ3n) is 2.39. The molecule has 0 bridgehead atoms. The Labute approximate surface area is 115 Å². The van der Waals surface area contributed by atoms with E-state index < -0.39 is 0 Å². The first kappa shape index (κ1) is 13.3. The van der Waals surface area contributed by atoms with Crippen molar-refractivity contribution in [3.05, 3.63) is 47.4 Å². The Bertz CT molecular complexity index is 572. The molecule has 1 heterocycles. The highest BCUT2D eigenvalue weighted by Crippen LogP contribution is 2.13. The molecule has 0 atom stereocenters. The fraction of sp³-hybridized carbons (Fsp3) is 0.154. The second-order valence-electron chi connectivity index (χ2n) is 3.80. The standard InChI is InChI=1S/C13H12ClN3O2/c1-19-10-4-2-3-9(5-10)6-13(18)17-12-8-15-11(14)7-16-12/h2-5,7-8H,6H2,1H3,(H,16,17,18). The maximum absolute atomic E-state index is 11.8. The van der Waals surface area contributed by atoms with E-state index >= 15 is 0 Å². The summed E-state index contributed by atoms with van der Waals surface area (Å²) in [5.74, 6) is 0.916. The highest BCUT2D eigenvalue weighted by atomic mass is 35.5. The van der Waals surface area contributed by atoms with Crippen LogP contribution in [0, 0.1) is 0 Å². The van der Waals surface area contributed by atoms with Crippen molar-refractivity contribution < 1.29 is 9.53 Å². The maximum atomic E-state index is 11.8. The molecule has 1 aromatic heterocycles. The lowest BCUT2D eigenvalue weighted by molar-refractivity contribution is -0.115. The molecule has 1 amide bonds. The third kappa shape index (κ3) is 3.93. The van der Waals surface area contributed by atoms with Crippen LogP contribution in [0.25, 0.3) is 0 Å². The number of ether oxygens (including phenoxy) is 1. The molecule has 2 rings (SSSR count). The molecule has 0 aliphatic carbocycles. The Kier molecular flexibility index (Phi) is 4.30. The number of anilines is 1. The smallest absolute Gasteiger partial charge is 0.229 e. The van der Waals surface area contributed by atoms with Crippen molar-refractivity contribution in [2.45, 2.75) is 6.42 Å². The summed E-state index contributed by atoms with van der Waals surface area (Å²) in [6.45, 7) is 0. The van der Waals surface area contributed by atoms with Gasteiger partial charge in [0.1, 0.15) is 10.9 Å². The molecule has 6 heteroatoms. The van der Waals surface area contributed by atoms with Crippen LogP contribution in [0.15, 0.2) is 36.7 Å². The van der Waals surface area contributed by atoms with E-state index in [1.807, 2.05) is 24.3 Å². The van der Waals surface area contributed by atoms with E-state index in [-0.39, 0.29) is 17.5 Å². The van der Waals surface area contributed by atoms with Crippen molar-refractivity contribution in [3.63, 3.8) is 0 Å².